The predicted octanol–water partition coefficient (Wildman–Crippen LogP) is 4.53. The SMILES string of the molecule is COc1ccc(CN2CCC3(CCCn4cc(nn4)COc4ccccc4CNC3=O)CC2)cc1OCc1ccccn1. The molecule has 1 N–H and O–H groups in total. The van der Waals surface area contributed by atoms with Crippen molar-refractivity contribution in [1.82, 2.24) is 30.2 Å². The Morgan fingerprint density at radius 1 is 1.00 bits per heavy atom. The smallest absolute Gasteiger partial charge is 0.226 e. The lowest BCUT2D eigenvalue weighted by Gasteiger charge is -2.41. The molecule has 2 aromatic carbocycles. The molecule has 0 saturated carbocycles. The van der Waals surface area contributed by atoms with Gasteiger partial charge in [-0.05, 0) is 74.7 Å². The van der Waals surface area contributed by atoms with Gasteiger partial charge >= 0.3 is 0 Å². The highest BCUT2D eigenvalue weighted by molar-refractivity contribution is 5.82. The third-order valence-electron chi connectivity index (χ3n) is 8.45. The van der Waals surface area contributed by atoms with Gasteiger partial charge in [0.1, 0.15) is 24.7 Å². The average molecular weight is 583 g/mol. The Kier molecular flexibility index (Phi) is 8.83. The molecule has 2 bridgehead atoms. The molecular weight excluding hydrogens is 544 g/mol. The van der Waals surface area contributed by atoms with Crippen molar-refractivity contribution < 1.29 is 19.0 Å². The lowest BCUT2D eigenvalue weighted by molar-refractivity contribution is -0.135. The van der Waals surface area contributed by atoms with Crippen molar-refractivity contribution in [1.29, 1.82) is 0 Å². The largest absolute Gasteiger partial charge is 0.493 e. The normalized spacial score (nSPS) is 17.3. The molecule has 4 aromatic rings. The summed E-state index contributed by atoms with van der Waals surface area (Å²) in [6.45, 7) is 4.29. The number of carbonyl (C=O) groups excluding carboxylic acids is 1. The molecule has 0 aliphatic carbocycles. The van der Waals surface area contributed by atoms with Gasteiger partial charge in [0.15, 0.2) is 11.5 Å². The molecule has 1 spiro atoms. The van der Waals surface area contributed by atoms with Gasteiger partial charge in [0.25, 0.3) is 0 Å². The van der Waals surface area contributed by atoms with E-state index in [1.165, 1.54) is 0 Å². The fourth-order valence-electron chi connectivity index (χ4n) is 5.95. The summed E-state index contributed by atoms with van der Waals surface area (Å²) in [7, 11) is 1.65. The van der Waals surface area contributed by atoms with Crippen LogP contribution >= 0.6 is 0 Å². The van der Waals surface area contributed by atoms with E-state index in [4.69, 9.17) is 14.2 Å². The van der Waals surface area contributed by atoms with Crippen LogP contribution in [0.5, 0.6) is 17.2 Å². The van der Waals surface area contributed by atoms with Gasteiger partial charge in [-0.15, -0.1) is 5.10 Å². The van der Waals surface area contributed by atoms with E-state index < -0.39 is 5.41 Å². The zero-order valence-electron chi connectivity index (χ0n) is 24.6. The molecule has 43 heavy (non-hydrogen) atoms. The van der Waals surface area contributed by atoms with Crippen molar-refractivity contribution in [3.05, 3.63) is 95.6 Å². The number of aromatic nitrogens is 4. The minimum Gasteiger partial charge on any atom is -0.493 e. The number of ether oxygens (including phenoxy) is 3. The zero-order valence-corrected chi connectivity index (χ0v) is 24.6. The first-order valence-corrected chi connectivity index (χ1v) is 14.9. The highest BCUT2D eigenvalue weighted by atomic mass is 16.5. The Labute approximate surface area is 252 Å². The molecule has 10 heteroatoms. The third-order valence-corrected chi connectivity index (χ3v) is 8.45. The number of fused-ring (bicyclic) bond motifs is 3. The monoisotopic (exact) mass is 582 g/mol. The second kappa shape index (κ2) is 13.2. The number of para-hydroxylation sites is 1. The summed E-state index contributed by atoms with van der Waals surface area (Å²) in [5.74, 6) is 2.26. The molecule has 1 amide bonds. The first-order chi connectivity index (χ1) is 21.1. The summed E-state index contributed by atoms with van der Waals surface area (Å²) in [6, 6.07) is 19.7. The lowest BCUT2D eigenvalue weighted by Crippen LogP contribution is -2.48. The maximum atomic E-state index is 13.8. The van der Waals surface area contributed by atoms with Crippen LogP contribution in [0, 0.1) is 5.41 Å². The van der Waals surface area contributed by atoms with Gasteiger partial charge in [0.2, 0.25) is 5.91 Å². The maximum absolute atomic E-state index is 13.8. The van der Waals surface area contributed by atoms with Crippen LogP contribution in [0.25, 0.3) is 0 Å². The molecule has 6 rings (SSSR count). The minimum absolute atomic E-state index is 0.118. The number of benzene rings is 2. The minimum atomic E-state index is -0.434. The van der Waals surface area contributed by atoms with Crippen LogP contribution in [0.15, 0.2) is 73.1 Å². The Morgan fingerprint density at radius 2 is 1.86 bits per heavy atom. The van der Waals surface area contributed by atoms with Crippen LogP contribution in [0.4, 0.5) is 0 Å². The number of hydrogen-bond donors (Lipinski definition) is 1. The van der Waals surface area contributed by atoms with Crippen molar-refractivity contribution in [3.8, 4) is 17.2 Å². The topological polar surface area (TPSA) is 104 Å². The number of rotatable bonds is 6. The van der Waals surface area contributed by atoms with Crippen molar-refractivity contribution in [2.24, 2.45) is 5.41 Å². The summed E-state index contributed by atoms with van der Waals surface area (Å²) in [5, 5.41) is 11.8. The number of nitrogens with one attached hydrogen (secondary N) is 1. The van der Waals surface area contributed by atoms with Gasteiger partial charge in [0.05, 0.1) is 24.4 Å². The summed E-state index contributed by atoms with van der Waals surface area (Å²) < 4.78 is 19.5. The fraction of sp³-hybridized carbons (Fsp3) is 0.394. The fourth-order valence-corrected chi connectivity index (χ4v) is 5.95. The van der Waals surface area contributed by atoms with E-state index in [1.807, 2.05) is 65.5 Å². The van der Waals surface area contributed by atoms with Crippen LogP contribution < -0.4 is 19.5 Å². The van der Waals surface area contributed by atoms with E-state index in [0.717, 1.165) is 80.1 Å². The van der Waals surface area contributed by atoms with Gasteiger partial charge in [-0.1, -0.05) is 35.5 Å². The summed E-state index contributed by atoms with van der Waals surface area (Å²) >= 11 is 0. The number of hydrogen-bond acceptors (Lipinski definition) is 8. The standard InChI is InChI=1S/C33H38N6O4/c1-41-30-11-10-25(19-31(30)43-23-27-8-4-5-15-34-27)21-38-17-13-33(14-18-38)12-6-16-39-22-28(36-37-39)24-42-29-9-3-2-7-26(29)20-35-32(33)40/h2-5,7-11,15,19,22H,6,12-14,16-18,20-21,23-24H2,1H3,(H,35,40). The second-order valence-electron chi connectivity index (χ2n) is 11.3. The van der Waals surface area contributed by atoms with Gasteiger partial charge in [-0.25, -0.2) is 0 Å². The Hall–Kier alpha value is -4.44. The quantitative estimate of drug-likeness (QED) is 0.354. The van der Waals surface area contributed by atoms with Gasteiger partial charge in [-0.3, -0.25) is 19.4 Å². The van der Waals surface area contributed by atoms with E-state index in [1.54, 1.807) is 13.3 Å². The van der Waals surface area contributed by atoms with Crippen molar-refractivity contribution in [3.63, 3.8) is 0 Å². The van der Waals surface area contributed by atoms with Crippen LogP contribution in [0.2, 0.25) is 0 Å². The summed E-state index contributed by atoms with van der Waals surface area (Å²) in [5.41, 5.74) is 3.31. The number of piperidine rings is 1. The second-order valence-corrected chi connectivity index (χ2v) is 11.3. The molecule has 2 aliphatic rings. The van der Waals surface area contributed by atoms with Crippen LogP contribution in [-0.2, 0) is 37.6 Å². The number of pyridine rings is 1. The van der Waals surface area contributed by atoms with Gasteiger partial charge < -0.3 is 19.5 Å². The highest BCUT2D eigenvalue weighted by Gasteiger charge is 2.40. The third kappa shape index (κ3) is 6.97. The number of nitrogens with zero attached hydrogens (tertiary/aromatic N) is 5. The summed E-state index contributed by atoms with van der Waals surface area (Å²) in [4.78, 5) is 20.6. The number of aryl methyl sites for hydroxylation is 1. The zero-order chi connectivity index (χ0) is 29.5. The lowest BCUT2D eigenvalue weighted by atomic mass is 9.73. The van der Waals surface area contributed by atoms with Gasteiger partial charge in [-0.2, -0.15) is 0 Å². The Balaban J connectivity index is 1.13. The van der Waals surface area contributed by atoms with E-state index in [0.29, 0.717) is 31.3 Å². The molecular formula is C33H38N6O4. The molecule has 10 nitrogen and oxygen atoms in total. The van der Waals surface area contributed by atoms with E-state index in [-0.39, 0.29) is 5.91 Å². The molecule has 1 fully saturated rings. The van der Waals surface area contributed by atoms with Gasteiger partial charge in [0, 0.05) is 31.4 Å². The highest BCUT2D eigenvalue weighted by Crippen LogP contribution is 2.38. The average Bonchev–Trinajstić information content (AvgIpc) is 3.50. The molecule has 0 atom stereocenters. The van der Waals surface area contributed by atoms with E-state index in [9.17, 15) is 4.79 Å². The Morgan fingerprint density at radius 3 is 2.70 bits per heavy atom. The molecule has 2 aliphatic heterocycles. The molecule has 224 valence electrons. The van der Waals surface area contributed by atoms with E-state index >= 15 is 0 Å². The predicted molar refractivity (Wildman–Crippen MR) is 160 cm³/mol. The van der Waals surface area contributed by atoms with Crippen LogP contribution in [0.1, 0.15) is 48.2 Å². The van der Waals surface area contributed by atoms with Crippen molar-refractivity contribution in [2.75, 3.05) is 20.2 Å². The first kappa shape index (κ1) is 28.7. The molecule has 2 aromatic heterocycles. The molecule has 0 radical (unpaired) electrons. The molecule has 0 unspecified atom stereocenters. The Bertz CT molecular complexity index is 1520. The number of carbonyl (C=O) groups is 1. The van der Waals surface area contributed by atoms with Crippen LogP contribution in [0.3, 0.4) is 0 Å². The van der Waals surface area contributed by atoms with Crippen molar-refractivity contribution >= 4 is 5.91 Å². The molecule has 1 saturated heterocycles. The number of methoxy groups -OCH3 is 1. The first-order valence-electron chi connectivity index (χ1n) is 14.9. The van der Waals surface area contributed by atoms with Crippen LogP contribution in [-0.4, -0.2) is 51.0 Å². The van der Waals surface area contributed by atoms with Crippen molar-refractivity contribution in [2.45, 2.75) is 58.5 Å². The molecule has 4 heterocycles. The van der Waals surface area contributed by atoms with E-state index in [2.05, 4.69) is 31.6 Å². The summed E-state index contributed by atoms with van der Waals surface area (Å²) in [6.07, 6.45) is 6.93. The maximum Gasteiger partial charge on any atom is 0.226 e. The number of likely N-dealkylation sites (tertiary alicyclic amines) is 1. The number of amides is 1.